The van der Waals surface area contributed by atoms with Gasteiger partial charge in [-0.25, -0.2) is 0 Å². The first kappa shape index (κ1) is 15.0. The predicted molar refractivity (Wildman–Crippen MR) is 76.4 cm³/mol. The van der Waals surface area contributed by atoms with Gasteiger partial charge >= 0.3 is 0 Å². The van der Waals surface area contributed by atoms with Crippen LogP contribution in [0.5, 0.6) is 0 Å². The Morgan fingerprint density at radius 1 is 1.29 bits per heavy atom. The molecule has 2 heteroatoms. The summed E-state index contributed by atoms with van der Waals surface area (Å²) in [7, 11) is 2.30. The Labute approximate surface area is 108 Å². The quantitative estimate of drug-likeness (QED) is 0.666. The molecule has 0 spiro atoms. The lowest BCUT2D eigenvalue weighted by molar-refractivity contribution is 0.135. The van der Waals surface area contributed by atoms with Gasteiger partial charge in [0.2, 0.25) is 0 Å². The van der Waals surface area contributed by atoms with Gasteiger partial charge in [0.25, 0.3) is 0 Å². The van der Waals surface area contributed by atoms with Crippen molar-refractivity contribution in [2.75, 3.05) is 33.2 Å². The van der Waals surface area contributed by atoms with E-state index in [1.54, 1.807) is 0 Å². The van der Waals surface area contributed by atoms with Crippen molar-refractivity contribution in [1.29, 1.82) is 0 Å². The molecule has 0 aromatic carbocycles. The molecule has 0 aromatic rings. The van der Waals surface area contributed by atoms with E-state index >= 15 is 0 Å². The van der Waals surface area contributed by atoms with Crippen molar-refractivity contribution in [1.82, 2.24) is 10.2 Å². The minimum atomic E-state index is 0.448. The zero-order chi connectivity index (χ0) is 12.7. The Kier molecular flexibility index (Phi) is 6.50. The van der Waals surface area contributed by atoms with Gasteiger partial charge in [-0.05, 0) is 44.2 Å². The molecule has 102 valence electrons. The molecule has 1 unspecified atom stereocenters. The van der Waals surface area contributed by atoms with Crippen molar-refractivity contribution < 1.29 is 0 Å². The first-order valence-electron chi connectivity index (χ1n) is 7.49. The largest absolute Gasteiger partial charge is 0.316 e. The lowest BCUT2D eigenvalue weighted by atomic mass is 9.82. The van der Waals surface area contributed by atoms with E-state index in [-0.39, 0.29) is 0 Å². The zero-order valence-electron chi connectivity index (χ0n) is 12.4. The molecule has 0 aromatic heterocycles. The van der Waals surface area contributed by atoms with Gasteiger partial charge < -0.3 is 10.2 Å². The van der Waals surface area contributed by atoms with Crippen LogP contribution >= 0.6 is 0 Å². The van der Waals surface area contributed by atoms with Gasteiger partial charge in [-0.2, -0.15) is 0 Å². The Bertz CT molecular complexity index is 201. The summed E-state index contributed by atoms with van der Waals surface area (Å²) < 4.78 is 0. The molecule has 17 heavy (non-hydrogen) atoms. The van der Waals surface area contributed by atoms with Crippen LogP contribution in [0, 0.1) is 11.3 Å². The topological polar surface area (TPSA) is 15.3 Å². The second kappa shape index (κ2) is 7.38. The molecule has 0 amide bonds. The number of nitrogens with one attached hydrogen (secondary N) is 1. The van der Waals surface area contributed by atoms with Crippen LogP contribution < -0.4 is 5.32 Å². The average molecular weight is 240 g/mol. The third-order valence-corrected chi connectivity index (χ3v) is 4.10. The molecular weight excluding hydrogens is 208 g/mol. The monoisotopic (exact) mass is 240 g/mol. The van der Waals surface area contributed by atoms with Crippen LogP contribution in [0.1, 0.15) is 52.9 Å². The van der Waals surface area contributed by atoms with Crippen molar-refractivity contribution in [2.45, 2.75) is 52.9 Å². The van der Waals surface area contributed by atoms with E-state index in [1.807, 2.05) is 0 Å². The van der Waals surface area contributed by atoms with Gasteiger partial charge in [-0.1, -0.05) is 33.6 Å². The molecular formula is C15H32N2. The smallest absolute Gasteiger partial charge is 0.00445 e. The number of hydrogen-bond acceptors (Lipinski definition) is 2. The highest BCUT2D eigenvalue weighted by Crippen LogP contribution is 2.29. The van der Waals surface area contributed by atoms with Crippen LogP contribution in [0.4, 0.5) is 0 Å². The second-order valence-electron chi connectivity index (χ2n) is 6.33. The van der Waals surface area contributed by atoms with Gasteiger partial charge in [0.05, 0.1) is 0 Å². The molecule has 0 aliphatic heterocycles. The van der Waals surface area contributed by atoms with Gasteiger partial charge in [0.1, 0.15) is 0 Å². The van der Waals surface area contributed by atoms with E-state index in [1.165, 1.54) is 45.2 Å². The van der Waals surface area contributed by atoms with Crippen LogP contribution in [0.3, 0.4) is 0 Å². The maximum absolute atomic E-state index is 3.53. The highest BCUT2D eigenvalue weighted by atomic mass is 15.1. The summed E-state index contributed by atoms with van der Waals surface area (Å²) in [5.41, 5.74) is 0.448. The molecule has 2 nitrogen and oxygen atoms in total. The molecule has 1 aliphatic rings. The number of nitrogens with zero attached hydrogens (tertiary/aromatic N) is 1. The van der Waals surface area contributed by atoms with Crippen LogP contribution in [0.2, 0.25) is 0 Å². The van der Waals surface area contributed by atoms with Crippen molar-refractivity contribution in [3.05, 3.63) is 0 Å². The maximum atomic E-state index is 3.53. The van der Waals surface area contributed by atoms with Crippen LogP contribution in [0.15, 0.2) is 0 Å². The van der Waals surface area contributed by atoms with E-state index in [2.05, 4.69) is 38.0 Å². The minimum Gasteiger partial charge on any atom is -0.316 e. The van der Waals surface area contributed by atoms with Crippen LogP contribution in [-0.2, 0) is 0 Å². The van der Waals surface area contributed by atoms with Gasteiger partial charge in [0.15, 0.2) is 0 Å². The van der Waals surface area contributed by atoms with E-state index in [0.717, 1.165) is 19.0 Å². The maximum Gasteiger partial charge on any atom is 0.00445 e. The molecule has 1 atom stereocenters. The van der Waals surface area contributed by atoms with Gasteiger partial charge in [-0.15, -0.1) is 0 Å². The average Bonchev–Trinajstić information content (AvgIpc) is 2.21. The summed E-state index contributed by atoms with van der Waals surface area (Å²) in [6.07, 6.45) is 7.00. The molecule has 0 radical (unpaired) electrons. The lowest BCUT2D eigenvalue weighted by Crippen LogP contribution is -2.43. The molecule has 0 heterocycles. The first-order chi connectivity index (χ1) is 8.09. The number of rotatable bonds is 9. The number of hydrogen-bond donors (Lipinski definition) is 1. The molecule has 1 saturated carbocycles. The van der Waals surface area contributed by atoms with E-state index < -0.39 is 0 Å². The third-order valence-electron chi connectivity index (χ3n) is 4.10. The minimum absolute atomic E-state index is 0.448. The summed E-state index contributed by atoms with van der Waals surface area (Å²) in [5.74, 6) is 0.991. The SMILES string of the molecule is CCCC(C)(CNCC)CN(C)CC1CCC1. The Morgan fingerprint density at radius 2 is 2.00 bits per heavy atom. The van der Waals surface area contributed by atoms with Gasteiger partial charge in [0, 0.05) is 19.6 Å². The normalized spacial score (nSPS) is 20.3. The van der Waals surface area contributed by atoms with E-state index in [9.17, 15) is 0 Å². The molecule has 0 saturated heterocycles. The van der Waals surface area contributed by atoms with Crippen molar-refractivity contribution in [3.63, 3.8) is 0 Å². The standard InChI is InChI=1S/C15H32N2/c1-5-10-15(3,12-16-6-2)13-17(4)11-14-8-7-9-14/h14,16H,5-13H2,1-4H3. The Morgan fingerprint density at radius 3 is 2.47 bits per heavy atom. The first-order valence-corrected chi connectivity index (χ1v) is 7.49. The van der Waals surface area contributed by atoms with Crippen LogP contribution in [0.25, 0.3) is 0 Å². The zero-order valence-corrected chi connectivity index (χ0v) is 12.4. The Balaban J connectivity index is 2.34. The fourth-order valence-corrected chi connectivity index (χ4v) is 3.09. The summed E-state index contributed by atoms with van der Waals surface area (Å²) in [6.45, 7) is 11.7. The van der Waals surface area contributed by atoms with E-state index in [0.29, 0.717) is 5.41 Å². The summed E-state index contributed by atoms with van der Waals surface area (Å²) in [5, 5.41) is 3.53. The lowest BCUT2D eigenvalue weighted by Gasteiger charge is -2.37. The van der Waals surface area contributed by atoms with Crippen LogP contribution in [-0.4, -0.2) is 38.1 Å². The highest BCUT2D eigenvalue weighted by molar-refractivity contribution is 4.81. The Hall–Kier alpha value is -0.0800. The molecule has 1 rings (SSSR count). The highest BCUT2D eigenvalue weighted by Gasteiger charge is 2.26. The third kappa shape index (κ3) is 5.39. The van der Waals surface area contributed by atoms with Crippen molar-refractivity contribution >= 4 is 0 Å². The molecule has 1 N–H and O–H groups in total. The summed E-state index contributed by atoms with van der Waals surface area (Å²) in [6, 6.07) is 0. The molecule has 1 fully saturated rings. The van der Waals surface area contributed by atoms with Crippen molar-refractivity contribution in [3.8, 4) is 0 Å². The van der Waals surface area contributed by atoms with Crippen molar-refractivity contribution in [2.24, 2.45) is 11.3 Å². The fourth-order valence-electron chi connectivity index (χ4n) is 3.09. The second-order valence-corrected chi connectivity index (χ2v) is 6.33. The molecule has 0 bridgehead atoms. The van der Waals surface area contributed by atoms with Gasteiger partial charge in [-0.3, -0.25) is 0 Å². The summed E-state index contributed by atoms with van der Waals surface area (Å²) in [4.78, 5) is 2.57. The summed E-state index contributed by atoms with van der Waals surface area (Å²) >= 11 is 0. The predicted octanol–water partition coefficient (Wildman–Crippen LogP) is 3.13. The van der Waals surface area contributed by atoms with E-state index in [4.69, 9.17) is 0 Å². The molecule has 1 aliphatic carbocycles. The fraction of sp³-hybridized carbons (Fsp3) is 1.00.